The molecule has 2 aromatic heterocycles. The number of aromatic nitrogens is 4. The molecule has 0 aliphatic heterocycles. The largest absolute Gasteiger partial charge is 0.465 e. The predicted octanol–water partition coefficient (Wildman–Crippen LogP) is 2.14. The molecule has 0 unspecified atom stereocenters. The first-order valence-electron chi connectivity index (χ1n) is 6.89. The third kappa shape index (κ3) is 2.34. The molecule has 114 valence electrons. The van der Waals surface area contributed by atoms with Crippen LogP contribution in [-0.4, -0.2) is 32.1 Å². The molecule has 0 atom stereocenters. The fourth-order valence-corrected chi connectivity index (χ4v) is 2.48. The van der Waals surface area contributed by atoms with E-state index in [2.05, 4.69) is 10.2 Å². The van der Waals surface area contributed by atoms with Crippen LogP contribution in [0.2, 0.25) is 0 Å². The predicted molar refractivity (Wildman–Crippen MR) is 78.5 cm³/mol. The highest BCUT2D eigenvalue weighted by molar-refractivity contribution is 5.94. The zero-order valence-electron chi connectivity index (χ0n) is 12.3. The van der Waals surface area contributed by atoms with Gasteiger partial charge in [-0.1, -0.05) is 12.1 Å². The Kier molecular flexibility index (Phi) is 3.62. The molecule has 0 aliphatic carbocycles. The van der Waals surface area contributed by atoms with Crippen molar-refractivity contribution in [2.45, 2.75) is 13.5 Å². The average molecular weight is 302 g/mol. The lowest BCUT2D eigenvalue weighted by atomic mass is 10.1. The van der Waals surface area contributed by atoms with Crippen LogP contribution in [0.3, 0.4) is 0 Å². The number of nitrogens with zero attached hydrogens (tertiary/aromatic N) is 4. The zero-order valence-corrected chi connectivity index (χ0v) is 12.3. The summed E-state index contributed by atoms with van der Waals surface area (Å²) in [5.74, 6) is -0.752. The molecule has 0 saturated heterocycles. The van der Waals surface area contributed by atoms with E-state index in [1.165, 1.54) is 10.9 Å². The van der Waals surface area contributed by atoms with Gasteiger partial charge in [0.15, 0.2) is 5.82 Å². The fraction of sp³-hybridized carbons (Fsp3) is 0.267. The van der Waals surface area contributed by atoms with E-state index in [1.54, 1.807) is 37.0 Å². The Morgan fingerprint density at radius 3 is 2.82 bits per heavy atom. The van der Waals surface area contributed by atoms with Crippen molar-refractivity contribution in [2.75, 3.05) is 6.61 Å². The summed E-state index contributed by atoms with van der Waals surface area (Å²) in [7, 11) is 1.68. The van der Waals surface area contributed by atoms with Gasteiger partial charge in [-0.3, -0.25) is 14.2 Å². The highest BCUT2D eigenvalue weighted by Gasteiger charge is 2.16. The van der Waals surface area contributed by atoms with Crippen LogP contribution in [0.15, 0.2) is 30.6 Å². The van der Waals surface area contributed by atoms with Gasteiger partial charge in [-0.05, 0) is 13.0 Å². The number of halogens is 1. The molecule has 0 aliphatic rings. The molecule has 0 radical (unpaired) electrons. The third-order valence-electron chi connectivity index (χ3n) is 3.42. The maximum absolute atomic E-state index is 14.0. The van der Waals surface area contributed by atoms with E-state index < -0.39 is 5.82 Å². The van der Waals surface area contributed by atoms with E-state index in [9.17, 15) is 9.18 Å². The SMILES string of the molecule is CCOC(=O)Cn1ncc2c(-c3c(F)cnn3C)cccc21. The first-order valence-corrected chi connectivity index (χ1v) is 6.89. The second-order valence-corrected chi connectivity index (χ2v) is 4.81. The van der Waals surface area contributed by atoms with Crippen molar-refractivity contribution < 1.29 is 13.9 Å². The number of ether oxygens (including phenoxy) is 1. The minimum atomic E-state index is -0.395. The van der Waals surface area contributed by atoms with E-state index in [0.29, 0.717) is 17.9 Å². The Labute approximate surface area is 126 Å². The second kappa shape index (κ2) is 5.59. The summed E-state index contributed by atoms with van der Waals surface area (Å²) in [4.78, 5) is 11.6. The molecule has 1 aromatic carbocycles. The van der Waals surface area contributed by atoms with Crippen LogP contribution in [0.4, 0.5) is 4.39 Å². The second-order valence-electron chi connectivity index (χ2n) is 4.81. The topological polar surface area (TPSA) is 61.9 Å². The van der Waals surface area contributed by atoms with Crippen LogP contribution in [0.25, 0.3) is 22.2 Å². The van der Waals surface area contributed by atoms with Gasteiger partial charge < -0.3 is 4.74 Å². The van der Waals surface area contributed by atoms with Crippen LogP contribution in [0, 0.1) is 5.82 Å². The Balaban J connectivity index is 2.08. The van der Waals surface area contributed by atoms with Crippen molar-refractivity contribution in [2.24, 2.45) is 7.05 Å². The van der Waals surface area contributed by atoms with Gasteiger partial charge in [0.05, 0.1) is 24.5 Å². The Hall–Kier alpha value is -2.70. The lowest BCUT2D eigenvalue weighted by molar-refractivity contribution is -0.143. The molecule has 3 aromatic rings. The van der Waals surface area contributed by atoms with E-state index in [-0.39, 0.29) is 12.5 Å². The Bertz CT molecular complexity index is 818. The van der Waals surface area contributed by atoms with E-state index in [1.807, 2.05) is 6.07 Å². The Morgan fingerprint density at radius 1 is 1.32 bits per heavy atom. The van der Waals surface area contributed by atoms with Crippen LogP contribution in [0.5, 0.6) is 0 Å². The fourth-order valence-electron chi connectivity index (χ4n) is 2.48. The van der Waals surface area contributed by atoms with Crippen molar-refractivity contribution in [1.29, 1.82) is 0 Å². The number of aryl methyl sites for hydroxylation is 1. The standard InChI is InChI=1S/C15H15FN4O2/c1-3-22-14(21)9-20-13-6-4-5-10(11(13)7-18-20)15-12(16)8-17-19(15)2/h4-8H,3,9H2,1-2H3. The molecule has 3 rings (SSSR count). The summed E-state index contributed by atoms with van der Waals surface area (Å²) in [6, 6.07) is 5.44. The summed E-state index contributed by atoms with van der Waals surface area (Å²) in [5, 5.41) is 8.89. The summed E-state index contributed by atoms with van der Waals surface area (Å²) in [5.41, 5.74) is 1.82. The number of carbonyl (C=O) groups excluding carboxylic acids is 1. The summed E-state index contributed by atoms with van der Waals surface area (Å²) < 4.78 is 21.9. The lowest BCUT2D eigenvalue weighted by Crippen LogP contribution is -2.14. The van der Waals surface area contributed by atoms with Crippen molar-refractivity contribution in [3.8, 4) is 11.3 Å². The van der Waals surface area contributed by atoms with Gasteiger partial charge in [-0.15, -0.1) is 0 Å². The maximum atomic E-state index is 14.0. The van der Waals surface area contributed by atoms with Gasteiger partial charge in [0.2, 0.25) is 0 Å². The van der Waals surface area contributed by atoms with Crippen LogP contribution < -0.4 is 0 Å². The van der Waals surface area contributed by atoms with Gasteiger partial charge in [0, 0.05) is 18.0 Å². The molecular formula is C15H15FN4O2. The smallest absolute Gasteiger partial charge is 0.327 e. The number of esters is 1. The first kappa shape index (κ1) is 14.2. The van der Waals surface area contributed by atoms with Gasteiger partial charge >= 0.3 is 5.97 Å². The summed E-state index contributed by atoms with van der Waals surface area (Å²) >= 11 is 0. The minimum absolute atomic E-state index is 0.0225. The summed E-state index contributed by atoms with van der Waals surface area (Å²) in [6.45, 7) is 2.10. The van der Waals surface area contributed by atoms with Crippen molar-refractivity contribution in [1.82, 2.24) is 19.6 Å². The van der Waals surface area contributed by atoms with Crippen LogP contribution >= 0.6 is 0 Å². The molecule has 0 saturated carbocycles. The number of hydrogen-bond donors (Lipinski definition) is 0. The van der Waals surface area contributed by atoms with Crippen molar-refractivity contribution >= 4 is 16.9 Å². The van der Waals surface area contributed by atoms with E-state index >= 15 is 0 Å². The molecule has 0 bridgehead atoms. The van der Waals surface area contributed by atoms with Gasteiger partial charge in [0.1, 0.15) is 12.2 Å². The van der Waals surface area contributed by atoms with Crippen molar-refractivity contribution in [3.63, 3.8) is 0 Å². The maximum Gasteiger partial charge on any atom is 0.327 e. The van der Waals surface area contributed by atoms with Gasteiger partial charge in [-0.25, -0.2) is 4.39 Å². The molecule has 0 amide bonds. The number of rotatable bonds is 4. The molecular weight excluding hydrogens is 287 g/mol. The molecule has 7 heteroatoms. The molecule has 22 heavy (non-hydrogen) atoms. The zero-order chi connectivity index (χ0) is 15.7. The molecule has 2 heterocycles. The number of carbonyl (C=O) groups is 1. The van der Waals surface area contributed by atoms with Crippen LogP contribution in [0.1, 0.15) is 6.92 Å². The normalized spacial score (nSPS) is 11.0. The van der Waals surface area contributed by atoms with E-state index in [4.69, 9.17) is 4.74 Å². The molecule has 0 spiro atoms. The van der Waals surface area contributed by atoms with E-state index in [0.717, 1.165) is 10.9 Å². The van der Waals surface area contributed by atoms with Gasteiger partial charge in [0.25, 0.3) is 0 Å². The van der Waals surface area contributed by atoms with Crippen molar-refractivity contribution in [3.05, 3.63) is 36.4 Å². The Morgan fingerprint density at radius 2 is 2.14 bits per heavy atom. The average Bonchev–Trinajstić information content (AvgIpc) is 3.04. The highest BCUT2D eigenvalue weighted by Crippen LogP contribution is 2.29. The highest BCUT2D eigenvalue weighted by atomic mass is 19.1. The minimum Gasteiger partial charge on any atom is -0.465 e. The molecule has 0 N–H and O–H groups in total. The lowest BCUT2D eigenvalue weighted by Gasteiger charge is -2.06. The number of fused-ring (bicyclic) bond motifs is 1. The summed E-state index contributed by atoms with van der Waals surface area (Å²) in [6.07, 6.45) is 2.80. The molecule has 0 fully saturated rings. The first-order chi connectivity index (χ1) is 10.6. The third-order valence-corrected chi connectivity index (χ3v) is 3.42. The monoisotopic (exact) mass is 302 g/mol. The quantitative estimate of drug-likeness (QED) is 0.693. The number of hydrogen-bond acceptors (Lipinski definition) is 4. The molecule has 6 nitrogen and oxygen atoms in total. The number of benzene rings is 1. The van der Waals surface area contributed by atoms with Gasteiger partial charge in [-0.2, -0.15) is 10.2 Å². The van der Waals surface area contributed by atoms with Crippen LogP contribution in [-0.2, 0) is 23.1 Å².